The largest absolute Gasteiger partial charge is 0.496 e. The first-order chi connectivity index (χ1) is 9.55. The maximum absolute atomic E-state index is 12.5. The average Bonchev–Trinajstić information content (AvgIpc) is 2.42. The van der Waals surface area contributed by atoms with Crippen molar-refractivity contribution in [3.05, 3.63) is 22.2 Å². The third-order valence-electron chi connectivity index (χ3n) is 3.95. The lowest BCUT2D eigenvalue weighted by atomic mass is 9.75. The number of hydrogen-bond acceptors (Lipinski definition) is 4. The molecule has 0 atom stereocenters. The number of ketones is 1. The van der Waals surface area contributed by atoms with Crippen LogP contribution in [0.2, 0.25) is 0 Å². The van der Waals surface area contributed by atoms with Crippen LogP contribution in [0.4, 0.5) is 0 Å². The Morgan fingerprint density at radius 2 is 1.85 bits per heavy atom. The minimum atomic E-state index is -0.289. The highest BCUT2D eigenvalue weighted by Crippen LogP contribution is 2.40. The number of rotatable bonds is 6. The van der Waals surface area contributed by atoms with Crippen LogP contribution in [0.3, 0.4) is 0 Å². The zero-order valence-electron chi connectivity index (χ0n) is 12.0. The standard InChI is InChI=1S/C15H19BrO4/c1-18-13-8-11(16)14(19-2)7-10(13)12(17)9-15(20-3)5-4-6-15/h7-8H,4-6,9H2,1-3H3. The van der Waals surface area contributed by atoms with Gasteiger partial charge < -0.3 is 14.2 Å². The summed E-state index contributed by atoms with van der Waals surface area (Å²) < 4.78 is 16.8. The quantitative estimate of drug-likeness (QED) is 0.741. The minimum absolute atomic E-state index is 0.0224. The lowest BCUT2D eigenvalue weighted by molar-refractivity contribution is -0.0705. The number of carbonyl (C=O) groups excluding carboxylic acids is 1. The van der Waals surface area contributed by atoms with Gasteiger partial charge >= 0.3 is 0 Å². The number of halogens is 1. The van der Waals surface area contributed by atoms with E-state index in [4.69, 9.17) is 14.2 Å². The summed E-state index contributed by atoms with van der Waals surface area (Å²) in [5.74, 6) is 1.19. The van der Waals surface area contributed by atoms with Crippen LogP contribution in [0.5, 0.6) is 11.5 Å². The smallest absolute Gasteiger partial charge is 0.169 e. The number of hydrogen-bond donors (Lipinski definition) is 0. The molecular weight excluding hydrogens is 324 g/mol. The molecule has 0 aliphatic heterocycles. The Bertz CT molecular complexity index is 503. The minimum Gasteiger partial charge on any atom is -0.496 e. The zero-order valence-corrected chi connectivity index (χ0v) is 13.6. The molecule has 0 unspecified atom stereocenters. The van der Waals surface area contributed by atoms with E-state index in [-0.39, 0.29) is 11.4 Å². The van der Waals surface area contributed by atoms with Crippen molar-refractivity contribution in [3.63, 3.8) is 0 Å². The maximum Gasteiger partial charge on any atom is 0.169 e. The van der Waals surface area contributed by atoms with Gasteiger partial charge in [-0.3, -0.25) is 4.79 Å². The Morgan fingerprint density at radius 3 is 2.30 bits per heavy atom. The van der Waals surface area contributed by atoms with E-state index in [0.29, 0.717) is 23.5 Å². The number of Topliss-reactive ketones (excluding diaryl/α,β-unsaturated/α-hetero) is 1. The van der Waals surface area contributed by atoms with E-state index < -0.39 is 0 Å². The second-order valence-electron chi connectivity index (χ2n) is 5.03. The Hall–Kier alpha value is -1.07. The topological polar surface area (TPSA) is 44.8 Å². The third-order valence-corrected chi connectivity index (χ3v) is 4.57. The second-order valence-corrected chi connectivity index (χ2v) is 5.88. The van der Waals surface area contributed by atoms with Crippen LogP contribution in [0.15, 0.2) is 16.6 Å². The predicted molar refractivity (Wildman–Crippen MR) is 79.8 cm³/mol. The van der Waals surface area contributed by atoms with Gasteiger partial charge in [-0.1, -0.05) is 0 Å². The van der Waals surface area contributed by atoms with Crippen LogP contribution < -0.4 is 9.47 Å². The van der Waals surface area contributed by atoms with Gasteiger partial charge in [0, 0.05) is 13.5 Å². The molecule has 0 saturated heterocycles. The van der Waals surface area contributed by atoms with Gasteiger partial charge in [-0.05, 0) is 47.3 Å². The van der Waals surface area contributed by atoms with Crippen molar-refractivity contribution in [2.45, 2.75) is 31.3 Å². The molecule has 0 aromatic heterocycles. The van der Waals surface area contributed by atoms with Crippen molar-refractivity contribution in [2.24, 2.45) is 0 Å². The third kappa shape index (κ3) is 2.83. The Labute approximate surface area is 127 Å². The van der Waals surface area contributed by atoms with E-state index in [1.54, 1.807) is 33.5 Å². The van der Waals surface area contributed by atoms with E-state index in [1.807, 2.05) is 0 Å². The van der Waals surface area contributed by atoms with Crippen molar-refractivity contribution in [3.8, 4) is 11.5 Å². The van der Waals surface area contributed by atoms with Crippen LogP contribution >= 0.6 is 15.9 Å². The van der Waals surface area contributed by atoms with Gasteiger partial charge in [0.15, 0.2) is 5.78 Å². The Kier molecular flexibility index (Phi) is 4.70. The first-order valence-electron chi connectivity index (χ1n) is 6.55. The van der Waals surface area contributed by atoms with Gasteiger partial charge in [-0.2, -0.15) is 0 Å². The molecule has 0 radical (unpaired) electrons. The van der Waals surface area contributed by atoms with Crippen molar-refractivity contribution in [2.75, 3.05) is 21.3 Å². The van der Waals surface area contributed by atoms with Crippen LogP contribution in [-0.2, 0) is 4.74 Å². The SMILES string of the molecule is COc1cc(C(=O)CC2(OC)CCC2)c(OC)cc1Br. The summed E-state index contributed by atoms with van der Waals surface area (Å²) >= 11 is 3.39. The molecule has 1 aliphatic rings. The van der Waals surface area contributed by atoms with Gasteiger partial charge in [-0.25, -0.2) is 0 Å². The first kappa shape index (κ1) is 15.3. The van der Waals surface area contributed by atoms with E-state index in [9.17, 15) is 4.79 Å². The zero-order chi connectivity index (χ0) is 14.8. The molecule has 0 spiro atoms. The van der Waals surface area contributed by atoms with Gasteiger partial charge in [0.2, 0.25) is 0 Å². The van der Waals surface area contributed by atoms with Crippen LogP contribution in [0.25, 0.3) is 0 Å². The average molecular weight is 343 g/mol. The molecule has 1 aliphatic carbocycles. The highest BCUT2D eigenvalue weighted by Gasteiger charge is 2.39. The molecule has 1 saturated carbocycles. The molecule has 110 valence electrons. The van der Waals surface area contributed by atoms with Crippen molar-refractivity contribution in [1.82, 2.24) is 0 Å². The summed E-state index contributed by atoms with van der Waals surface area (Å²) in [6.45, 7) is 0. The molecule has 0 N–H and O–H groups in total. The highest BCUT2D eigenvalue weighted by atomic mass is 79.9. The summed E-state index contributed by atoms with van der Waals surface area (Å²) in [6.07, 6.45) is 3.36. The maximum atomic E-state index is 12.5. The molecule has 1 fully saturated rings. The molecule has 20 heavy (non-hydrogen) atoms. The van der Waals surface area contributed by atoms with Crippen molar-refractivity contribution < 1.29 is 19.0 Å². The van der Waals surface area contributed by atoms with E-state index in [1.165, 1.54) is 0 Å². The lowest BCUT2D eigenvalue weighted by Crippen LogP contribution is -2.41. The normalized spacial score (nSPS) is 16.4. The van der Waals surface area contributed by atoms with Gasteiger partial charge in [0.05, 0.1) is 29.9 Å². The molecule has 1 aromatic rings. The number of carbonyl (C=O) groups is 1. The van der Waals surface area contributed by atoms with Crippen LogP contribution in [0, 0.1) is 0 Å². The summed E-state index contributed by atoms with van der Waals surface area (Å²) in [6, 6.07) is 3.47. The molecule has 5 heteroatoms. The van der Waals surface area contributed by atoms with E-state index in [2.05, 4.69) is 15.9 Å². The van der Waals surface area contributed by atoms with E-state index >= 15 is 0 Å². The van der Waals surface area contributed by atoms with Gasteiger partial charge in [0.1, 0.15) is 11.5 Å². The first-order valence-corrected chi connectivity index (χ1v) is 7.34. The summed E-state index contributed by atoms with van der Waals surface area (Å²) in [4.78, 5) is 12.5. The monoisotopic (exact) mass is 342 g/mol. The fraction of sp³-hybridized carbons (Fsp3) is 0.533. The van der Waals surface area contributed by atoms with Crippen LogP contribution in [0.1, 0.15) is 36.0 Å². The van der Waals surface area contributed by atoms with Gasteiger partial charge in [0.25, 0.3) is 0 Å². The lowest BCUT2D eigenvalue weighted by Gasteiger charge is -2.40. The number of methoxy groups -OCH3 is 3. The second kappa shape index (κ2) is 6.14. The van der Waals surface area contributed by atoms with Crippen molar-refractivity contribution in [1.29, 1.82) is 0 Å². The molecule has 0 amide bonds. The Balaban J connectivity index is 2.28. The predicted octanol–water partition coefficient (Wildman–Crippen LogP) is 3.61. The Morgan fingerprint density at radius 1 is 1.20 bits per heavy atom. The summed E-state index contributed by atoms with van der Waals surface area (Å²) in [7, 11) is 4.80. The highest BCUT2D eigenvalue weighted by molar-refractivity contribution is 9.10. The molecule has 0 bridgehead atoms. The molecule has 2 rings (SSSR count). The van der Waals surface area contributed by atoms with E-state index in [0.717, 1.165) is 23.7 Å². The molecular formula is C15H19BrO4. The number of ether oxygens (including phenoxy) is 3. The summed E-state index contributed by atoms with van der Waals surface area (Å²) in [5.41, 5.74) is 0.249. The molecule has 4 nitrogen and oxygen atoms in total. The van der Waals surface area contributed by atoms with Crippen LogP contribution in [-0.4, -0.2) is 32.7 Å². The fourth-order valence-electron chi connectivity index (χ4n) is 2.49. The summed E-state index contributed by atoms with van der Waals surface area (Å²) in [5, 5.41) is 0. The van der Waals surface area contributed by atoms with Crippen molar-refractivity contribution >= 4 is 21.7 Å². The molecule has 1 aromatic carbocycles. The number of benzene rings is 1. The fourth-order valence-corrected chi connectivity index (χ4v) is 2.97. The molecule has 0 heterocycles. The van der Waals surface area contributed by atoms with Gasteiger partial charge in [-0.15, -0.1) is 0 Å².